The number of hydrogen-bond donors (Lipinski definition) is 0. The first kappa shape index (κ1) is 19.2. The van der Waals surface area contributed by atoms with Gasteiger partial charge in [0.15, 0.2) is 28.7 Å². The van der Waals surface area contributed by atoms with Crippen LogP contribution in [0.4, 0.5) is 5.82 Å². The second-order valence-electron chi connectivity index (χ2n) is 5.84. The Kier molecular flexibility index (Phi) is 7.10. The van der Waals surface area contributed by atoms with Crippen LogP contribution in [0.5, 0.6) is 0 Å². The van der Waals surface area contributed by atoms with Crippen LogP contribution in [-0.2, 0) is 20.4 Å². The zero-order valence-corrected chi connectivity index (χ0v) is 16.1. The van der Waals surface area contributed by atoms with Crippen molar-refractivity contribution in [2.24, 2.45) is 4.99 Å². The second kappa shape index (κ2) is 8.85. The van der Waals surface area contributed by atoms with E-state index in [1.165, 1.54) is 18.3 Å². The molecule has 2 rings (SSSR count). The molecule has 0 amide bonds. The van der Waals surface area contributed by atoms with E-state index in [-0.39, 0.29) is 18.0 Å². The Labute approximate surface area is 146 Å². The highest BCUT2D eigenvalue weighted by Gasteiger charge is 2.30. The SMILES string of the molecule is CS[P+](=O)OCC1CC[C@H](Cn2cnc(C(C)=O)c2N=C(C)C)O1. The third-order valence-corrected chi connectivity index (χ3v) is 5.45. The van der Waals surface area contributed by atoms with Gasteiger partial charge in [-0.1, -0.05) is 0 Å². The average molecular weight is 372 g/mol. The molecule has 1 fully saturated rings. The van der Waals surface area contributed by atoms with E-state index in [9.17, 15) is 9.36 Å². The maximum absolute atomic E-state index is 11.7. The van der Waals surface area contributed by atoms with Gasteiger partial charge in [0.05, 0.1) is 25.1 Å². The molecule has 1 saturated heterocycles. The normalized spacial score (nSPS) is 20.9. The van der Waals surface area contributed by atoms with Crippen molar-refractivity contribution in [1.29, 1.82) is 0 Å². The molecule has 1 aliphatic heterocycles. The molecule has 24 heavy (non-hydrogen) atoms. The van der Waals surface area contributed by atoms with Gasteiger partial charge in [0.2, 0.25) is 0 Å². The number of aliphatic imine (C=N–C) groups is 1. The summed E-state index contributed by atoms with van der Waals surface area (Å²) in [6.45, 7) is 6.18. The number of rotatable bonds is 8. The van der Waals surface area contributed by atoms with Gasteiger partial charge in [0, 0.05) is 18.9 Å². The molecule has 0 saturated carbocycles. The molecule has 132 valence electrons. The summed E-state index contributed by atoms with van der Waals surface area (Å²) in [4.78, 5) is 20.3. The Morgan fingerprint density at radius 2 is 2.17 bits per heavy atom. The molecule has 2 heterocycles. The van der Waals surface area contributed by atoms with Crippen LogP contribution in [0.2, 0.25) is 0 Å². The Balaban J connectivity index is 2.01. The molecule has 0 bridgehead atoms. The van der Waals surface area contributed by atoms with Gasteiger partial charge in [-0.2, -0.15) is 0 Å². The van der Waals surface area contributed by atoms with Crippen molar-refractivity contribution in [1.82, 2.24) is 9.55 Å². The van der Waals surface area contributed by atoms with Gasteiger partial charge in [-0.15, -0.1) is 4.52 Å². The quantitative estimate of drug-likeness (QED) is 0.392. The summed E-state index contributed by atoms with van der Waals surface area (Å²) in [5.74, 6) is 0.476. The first-order valence-corrected chi connectivity index (χ1v) is 10.8. The molecule has 2 unspecified atom stereocenters. The van der Waals surface area contributed by atoms with Crippen LogP contribution in [-0.4, -0.2) is 46.1 Å². The van der Waals surface area contributed by atoms with Crippen LogP contribution in [0.15, 0.2) is 11.3 Å². The lowest BCUT2D eigenvalue weighted by Crippen LogP contribution is -2.19. The highest BCUT2D eigenvalue weighted by Crippen LogP contribution is 2.37. The third-order valence-electron chi connectivity index (χ3n) is 3.58. The van der Waals surface area contributed by atoms with E-state index < -0.39 is 7.23 Å². The van der Waals surface area contributed by atoms with Gasteiger partial charge in [0.1, 0.15) is 6.61 Å². The minimum Gasteiger partial charge on any atom is -0.371 e. The highest BCUT2D eigenvalue weighted by atomic mass is 32.7. The monoisotopic (exact) mass is 372 g/mol. The average Bonchev–Trinajstić information content (AvgIpc) is 3.12. The van der Waals surface area contributed by atoms with Crippen LogP contribution in [0, 0.1) is 0 Å². The summed E-state index contributed by atoms with van der Waals surface area (Å²) in [7, 11) is -1.66. The molecule has 1 aliphatic rings. The number of carbonyl (C=O) groups is 1. The van der Waals surface area contributed by atoms with E-state index >= 15 is 0 Å². The third kappa shape index (κ3) is 5.21. The van der Waals surface area contributed by atoms with Gasteiger partial charge in [-0.05, 0) is 31.3 Å². The van der Waals surface area contributed by atoms with Crippen molar-refractivity contribution in [3.63, 3.8) is 0 Å². The lowest BCUT2D eigenvalue weighted by Gasteiger charge is -2.14. The fraction of sp³-hybridized carbons (Fsp3) is 0.667. The van der Waals surface area contributed by atoms with Crippen molar-refractivity contribution in [3.8, 4) is 0 Å². The molecule has 0 spiro atoms. The number of ketones is 1. The summed E-state index contributed by atoms with van der Waals surface area (Å²) in [5, 5.41) is 0. The maximum atomic E-state index is 11.7. The molecule has 9 heteroatoms. The lowest BCUT2D eigenvalue weighted by molar-refractivity contribution is 0.0131. The molecule has 1 aromatic heterocycles. The van der Waals surface area contributed by atoms with E-state index in [0.717, 1.165) is 18.6 Å². The maximum Gasteiger partial charge on any atom is 0.585 e. The lowest BCUT2D eigenvalue weighted by atomic mass is 10.2. The summed E-state index contributed by atoms with van der Waals surface area (Å²) >= 11 is 1.20. The number of imidazole rings is 1. The Hall–Kier alpha value is -1.08. The Morgan fingerprint density at radius 1 is 1.46 bits per heavy atom. The summed E-state index contributed by atoms with van der Waals surface area (Å²) in [6, 6.07) is 0. The van der Waals surface area contributed by atoms with E-state index in [0.29, 0.717) is 24.7 Å². The van der Waals surface area contributed by atoms with Gasteiger partial charge in [0.25, 0.3) is 0 Å². The number of hydrogen-bond acceptors (Lipinski definition) is 7. The van der Waals surface area contributed by atoms with Crippen molar-refractivity contribution in [3.05, 3.63) is 12.0 Å². The van der Waals surface area contributed by atoms with Gasteiger partial charge in [-0.25, -0.2) is 9.98 Å². The van der Waals surface area contributed by atoms with Crippen LogP contribution in [0.3, 0.4) is 0 Å². The highest BCUT2D eigenvalue weighted by molar-refractivity contribution is 8.49. The molecule has 1 aromatic rings. The fourth-order valence-electron chi connectivity index (χ4n) is 2.54. The number of carbonyl (C=O) groups excluding carboxylic acids is 1. The predicted molar refractivity (Wildman–Crippen MR) is 95.6 cm³/mol. The molecule has 3 atom stereocenters. The zero-order chi connectivity index (χ0) is 17.7. The molecular weight excluding hydrogens is 349 g/mol. The molecule has 7 nitrogen and oxygen atoms in total. The number of nitrogens with zero attached hydrogens (tertiary/aromatic N) is 3. The first-order chi connectivity index (χ1) is 11.4. The van der Waals surface area contributed by atoms with Gasteiger partial charge in [-0.3, -0.25) is 4.79 Å². The summed E-state index contributed by atoms with van der Waals surface area (Å²) < 4.78 is 24.4. The number of Topliss-reactive ketones (excluding diaryl/α,β-unsaturated/α-hetero) is 1. The molecule has 0 aliphatic carbocycles. The van der Waals surface area contributed by atoms with Crippen LogP contribution in [0.25, 0.3) is 0 Å². The van der Waals surface area contributed by atoms with Crippen molar-refractivity contribution < 1.29 is 18.6 Å². The molecule has 0 aromatic carbocycles. The topological polar surface area (TPSA) is 82.8 Å². The van der Waals surface area contributed by atoms with Crippen molar-refractivity contribution in [2.45, 2.75) is 52.4 Å². The van der Waals surface area contributed by atoms with E-state index in [2.05, 4.69) is 9.98 Å². The molecular formula is C15H23N3O4PS+. The van der Waals surface area contributed by atoms with E-state index in [1.807, 2.05) is 18.4 Å². The fourth-order valence-corrected chi connectivity index (χ4v) is 3.43. The van der Waals surface area contributed by atoms with Crippen LogP contribution in [0.1, 0.15) is 44.1 Å². The molecule has 0 radical (unpaired) electrons. The van der Waals surface area contributed by atoms with E-state index in [4.69, 9.17) is 9.26 Å². The standard InChI is InChI=1S/C15H23N3O4PS/c1-10(2)17-15-14(11(3)19)16-9-18(15)7-12-5-6-13(22-12)8-21-23(20)24-4/h9,12-13H,5-8H2,1-4H3/q+1/t12-,13?/m1/s1. The van der Waals surface area contributed by atoms with Crippen molar-refractivity contribution in [2.75, 3.05) is 12.9 Å². The van der Waals surface area contributed by atoms with Crippen molar-refractivity contribution >= 4 is 35.9 Å². The summed E-state index contributed by atoms with van der Waals surface area (Å²) in [5.41, 5.74) is 1.24. The summed E-state index contributed by atoms with van der Waals surface area (Å²) in [6.07, 6.45) is 5.09. The van der Waals surface area contributed by atoms with E-state index in [1.54, 1.807) is 12.6 Å². The van der Waals surface area contributed by atoms with Crippen LogP contribution < -0.4 is 0 Å². The Morgan fingerprint density at radius 3 is 2.79 bits per heavy atom. The zero-order valence-electron chi connectivity index (χ0n) is 14.4. The first-order valence-electron chi connectivity index (χ1n) is 7.78. The minimum absolute atomic E-state index is 0.00544. The van der Waals surface area contributed by atoms with Gasteiger partial charge >= 0.3 is 7.23 Å². The largest absolute Gasteiger partial charge is 0.585 e. The van der Waals surface area contributed by atoms with Crippen LogP contribution >= 0.6 is 18.6 Å². The second-order valence-corrected chi connectivity index (χ2v) is 8.90. The van der Waals surface area contributed by atoms with Gasteiger partial charge < -0.3 is 9.30 Å². The number of ether oxygens (including phenoxy) is 1. The smallest absolute Gasteiger partial charge is 0.371 e. The predicted octanol–water partition coefficient (Wildman–Crippen LogP) is 3.78. The number of aromatic nitrogens is 2. The molecule has 0 N–H and O–H groups in total. The Bertz CT molecular complexity index is 643. The minimum atomic E-state index is -1.66.